The fourth-order valence-electron chi connectivity index (χ4n) is 1.28. The predicted octanol–water partition coefficient (Wildman–Crippen LogP) is 1.52. The van der Waals surface area contributed by atoms with Crippen molar-refractivity contribution < 1.29 is 0 Å². The molecular weight excluding hydrogens is 176 g/mol. The first-order chi connectivity index (χ1) is 6.79. The van der Waals surface area contributed by atoms with Crippen LogP contribution in [0.4, 0.5) is 5.69 Å². The van der Waals surface area contributed by atoms with Crippen molar-refractivity contribution in [2.75, 3.05) is 12.4 Å². The summed E-state index contributed by atoms with van der Waals surface area (Å²) >= 11 is 0. The van der Waals surface area contributed by atoms with Gasteiger partial charge in [0.1, 0.15) is 5.69 Å². The molecule has 0 atom stereocenters. The van der Waals surface area contributed by atoms with E-state index in [1.165, 1.54) is 0 Å². The summed E-state index contributed by atoms with van der Waals surface area (Å²) in [6, 6.07) is 5.84. The van der Waals surface area contributed by atoms with Crippen LogP contribution in [0.5, 0.6) is 0 Å². The van der Waals surface area contributed by atoms with E-state index in [2.05, 4.69) is 15.4 Å². The van der Waals surface area contributed by atoms with E-state index in [0.29, 0.717) is 0 Å². The minimum absolute atomic E-state index is 0.887. The van der Waals surface area contributed by atoms with Crippen LogP contribution in [-0.4, -0.2) is 21.8 Å². The molecule has 0 spiro atoms. The molecular formula is C10H12N4. The van der Waals surface area contributed by atoms with Gasteiger partial charge in [-0.15, -0.1) is 0 Å². The zero-order valence-corrected chi connectivity index (χ0v) is 8.23. The maximum atomic E-state index is 4.28. The number of nitrogens with one attached hydrogen (secondary N) is 1. The predicted molar refractivity (Wildman–Crippen MR) is 56.0 cm³/mol. The fourth-order valence-corrected chi connectivity index (χ4v) is 1.28. The molecule has 0 aliphatic heterocycles. The zero-order valence-electron chi connectivity index (χ0n) is 8.23. The van der Waals surface area contributed by atoms with E-state index < -0.39 is 0 Å². The van der Waals surface area contributed by atoms with Crippen LogP contribution in [0.1, 0.15) is 0 Å². The van der Waals surface area contributed by atoms with E-state index in [4.69, 9.17) is 0 Å². The standard InChI is InChI=1S/C10H12N4/c1-11-8-3-5-12-10(7-8)9-4-6-14(2)13-9/h3-7H,1-2H3,(H,11,12). The van der Waals surface area contributed by atoms with Crippen LogP contribution in [0.15, 0.2) is 30.6 Å². The largest absolute Gasteiger partial charge is 0.388 e. The van der Waals surface area contributed by atoms with Crippen LogP contribution in [-0.2, 0) is 7.05 Å². The number of hydrogen-bond acceptors (Lipinski definition) is 3. The topological polar surface area (TPSA) is 42.7 Å². The van der Waals surface area contributed by atoms with E-state index in [1.54, 1.807) is 10.9 Å². The van der Waals surface area contributed by atoms with Crippen LogP contribution in [0.2, 0.25) is 0 Å². The van der Waals surface area contributed by atoms with Gasteiger partial charge in [-0.1, -0.05) is 0 Å². The van der Waals surface area contributed by atoms with E-state index >= 15 is 0 Å². The van der Waals surface area contributed by atoms with Gasteiger partial charge in [0.05, 0.1) is 5.69 Å². The fraction of sp³-hybridized carbons (Fsp3) is 0.200. The molecule has 4 nitrogen and oxygen atoms in total. The summed E-state index contributed by atoms with van der Waals surface area (Å²) in [7, 11) is 3.78. The zero-order chi connectivity index (χ0) is 9.97. The molecule has 0 saturated heterocycles. The highest BCUT2D eigenvalue weighted by atomic mass is 15.2. The molecule has 0 amide bonds. The van der Waals surface area contributed by atoms with Crippen molar-refractivity contribution in [1.29, 1.82) is 0 Å². The Balaban J connectivity index is 2.41. The van der Waals surface area contributed by atoms with Gasteiger partial charge in [-0.3, -0.25) is 9.67 Å². The van der Waals surface area contributed by atoms with Crippen molar-refractivity contribution in [3.63, 3.8) is 0 Å². The number of pyridine rings is 1. The molecule has 0 saturated carbocycles. The Bertz CT molecular complexity index is 433. The van der Waals surface area contributed by atoms with Gasteiger partial charge in [-0.25, -0.2) is 0 Å². The van der Waals surface area contributed by atoms with Gasteiger partial charge in [-0.2, -0.15) is 5.10 Å². The molecule has 4 heteroatoms. The lowest BCUT2D eigenvalue weighted by atomic mass is 10.2. The van der Waals surface area contributed by atoms with E-state index in [-0.39, 0.29) is 0 Å². The van der Waals surface area contributed by atoms with Gasteiger partial charge < -0.3 is 5.32 Å². The molecule has 0 aromatic carbocycles. The molecule has 2 aromatic rings. The van der Waals surface area contributed by atoms with Gasteiger partial charge in [0, 0.05) is 32.2 Å². The van der Waals surface area contributed by atoms with Gasteiger partial charge in [0.25, 0.3) is 0 Å². The summed E-state index contributed by atoms with van der Waals surface area (Å²) in [6.07, 6.45) is 3.68. The Morgan fingerprint density at radius 2 is 2.14 bits per heavy atom. The van der Waals surface area contributed by atoms with Crippen molar-refractivity contribution in [3.05, 3.63) is 30.6 Å². The number of anilines is 1. The molecule has 72 valence electrons. The number of aromatic nitrogens is 3. The maximum Gasteiger partial charge on any atom is 0.111 e. The molecule has 0 aliphatic rings. The van der Waals surface area contributed by atoms with Crippen LogP contribution in [0.3, 0.4) is 0 Å². The highest BCUT2D eigenvalue weighted by Crippen LogP contribution is 2.17. The third kappa shape index (κ3) is 1.59. The molecule has 2 rings (SSSR count). The van der Waals surface area contributed by atoms with Crippen molar-refractivity contribution >= 4 is 5.69 Å². The molecule has 14 heavy (non-hydrogen) atoms. The summed E-state index contributed by atoms with van der Waals surface area (Å²) in [6.45, 7) is 0. The SMILES string of the molecule is CNc1ccnc(-c2ccn(C)n2)c1. The lowest BCUT2D eigenvalue weighted by Crippen LogP contribution is -1.92. The summed E-state index contributed by atoms with van der Waals surface area (Å²) in [5.74, 6) is 0. The molecule has 2 aromatic heterocycles. The summed E-state index contributed by atoms with van der Waals surface area (Å²) in [5.41, 5.74) is 2.82. The molecule has 0 unspecified atom stereocenters. The first-order valence-electron chi connectivity index (χ1n) is 4.43. The average molecular weight is 188 g/mol. The monoisotopic (exact) mass is 188 g/mol. The first-order valence-corrected chi connectivity index (χ1v) is 4.43. The van der Waals surface area contributed by atoms with Crippen molar-refractivity contribution in [2.45, 2.75) is 0 Å². The van der Waals surface area contributed by atoms with E-state index in [1.807, 2.05) is 38.5 Å². The molecule has 0 radical (unpaired) electrons. The summed E-state index contributed by atoms with van der Waals surface area (Å²) in [4.78, 5) is 4.26. The highest BCUT2D eigenvalue weighted by Gasteiger charge is 2.02. The molecule has 0 bridgehead atoms. The Morgan fingerprint density at radius 1 is 1.29 bits per heavy atom. The Kier molecular flexibility index (Phi) is 2.18. The third-order valence-electron chi connectivity index (χ3n) is 2.02. The maximum absolute atomic E-state index is 4.28. The third-order valence-corrected chi connectivity index (χ3v) is 2.02. The van der Waals surface area contributed by atoms with Gasteiger partial charge in [0.15, 0.2) is 0 Å². The number of hydrogen-bond donors (Lipinski definition) is 1. The summed E-state index contributed by atoms with van der Waals surface area (Å²) in [5, 5.41) is 7.35. The van der Waals surface area contributed by atoms with Crippen molar-refractivity contribution in [2.24, 2.45) is 7.05 Å². The van der Waals surface area contributed by atoms with E-state index in [0.717, 1.165) is 17.1 Å². The summed E-state index contributed by atoms with van der Waals surface area (Å²) < 4.78 is 1.77. The van der Waals surface area contributed by atoms with Crippen molar-refractivity contribution in [1.82, 2.24) is 14.8 Å². The van der Waals surface area contributed by atoms with Gasteiger partial charge >= 0.3 is 0 Å². The molecule has 1 N–H and O–H groups in total. The minimum Gasteiger partial charge on any atom is -0.388 e. The minimum atomic E-state index is 0.887. The van der Waals surface area contributed by atoms with Crippen LogP contribution in [0, 0.1) is 0 Å². The Hall–Kier alpha value is -1.84. The molecule has 0 fully saturated rings. The Morgan fingerprint density at radius 3 is 2.79 bits per heavy atom. The number of aryl methyl sites for hydroxylation is 1. The van der Waals surface area contributed by atoms with E-state index in [9.17, 15) is 0 Å². The lowest BCUT2D eigenvalue weighted by Gasteiger charge is -2.00. The quantitative estimate of drug-likeness (QED) is 0.777. The Labute approximate surface area is 82.6 Å². The lowest BCUT2D eigenvalue weighted by molar-refractivity contribution is 0.770. The van der Waals surface area contributed by atoms with Crippen LogP contribution >= 0.6 is 0 Å². The van der Waals surface area contributed by atoms with Crippen molar-refractivity contribution in [3.8, 4) is 11.4 Å². The number of rotatable bonds is 2. The highest BCUT2D eigenvalue weighted by molar-refractivity contribution is 5.59. The normalized spacial score (nSPS) is 10.1. The molecule has 2 heterocycles. The second-order valence-electron chi connectivity index (χ2n) is 3.05. The first kappa shape index (κ1) is 8.74. The average Bonchev–Trinajstić information content (AvgIpc) is 2.65. The second-order valence-corrected chi connectivity index (χ2v) is 3.05. The van der Waals surface area contributed by atoms with Crippen LogP contribution in [0.25, 0.3) is 11.4 Å². The molecule has 0 aliphatic carbocycles. The smallest absolute Gasteiger partial charge is 0.111 e. The number of nitrogens with zero attached hydrogens (tertiary/aromatic N) is 3. The van der Waals surface area contributed by atoms with Gasteiger partial charge in [-0.05, 0) is 18.2 Å². The second kappa shape index (κ2) is 3.49. The van der Waals surface area contributed by atoms with Crippen LogP contribution < -0.4 is 5.32 Å². The van der Waals surface area contributed by atoms with Gasteiger partial charge in [0.2, 0.25) is 0 Å².